The van der Waals surface area contributed by atoms with E-state index in [4.69, 9.17) is 14.7 Å². The van der Waals surface area contributed by atoms with Gasteiger partial charge in [-0.3, -0.25) is 4.90 Å². The second-order valence-corrected chi connectivity index (χ2v) is 4.05. The molecule has 4 nitrogen and oxygen atoms in total. The number of hydrogen-bond donors (Lipinski definition) is 0. The van der Waals surface area contributed by atoms with E-state index < -0.39 is 0 Å². The molecule has 0 aliphatic carbocycles. The molecule has 0 radical (unpaired) electrons. The molecule has 1 aliphatic heterocycles. The maximum absolute atomic E-state index is 8.47. The van der Waals surface area contributed by atoms with Crippen molar-refractivity contribution >= 4 is 0 Å². The van der Waals surface area contributed by atoms with Crippen LogP contribution in [-0.4, -0.2) is 50.5 Å². The van der Waals surface area contributed by atoms with Crippen LogP contribution in [0.5, 0.6) is 0 Å². The number of methoxy groups -OCH3 is 1. The van der Waals surface area contributed by atoms with Gasteiger partial charge in [0.1, 0.15) is 0 Å². The molecule has 86 valence electrons. The molecule has 0 aromatic carbocycles. The summed E-state index contributed by atoms with van der Waals surface area (Å²) in [6.45, 7) is 5.61. The summed E-state index contributed by atoms with van der Waals surface area (Å²) in [5.74, 6) is 0. The van der Waals surface area contributed by atoms with Crippen LogP contribution in [0.3, 0.4) is 0 Å². The van der Waals surface area contributed by atoms with Crippen molar-refractivity contribution in [3.8, 4) is 6.07 Å². The standard InChI is InChI=1S/C11H20N2O2/c1-10-7-13(6-4-3-5-12)8-11(15-10)9-14-2/h10-11H,3-4,6-9H2,1-2H3/t10-,11-/m1/s1. The quantitative estimate of drug-likeness (QED) is 0.638. The van der Waals surface area contributed by atoms with Crippen LogP contribution in [0, 0.1) is 11.3 Å². The Kier molecular flexibility index (Phi) is 5.62. The normalized spacial score (nSPS) is 27.5. The van der Waals surface area contributed by atoms with Crippen LogP contribution in [0.15, 0.2) is 0 Å². The van der Waals surface area contributed by atoms with Crippen molar-refractivity contribution < 1.29 is 9.47 Å². The third-order valence-corrected chi connectivity index (χ3v) is 2.52. The number of rotatable bonds is 5. The molecule has 1 fully saturated rings. The number of hydrogen-bond acceptors (Lipinski definition) is 4. The molecule has 0 aromatic rings. The van der Waals surface area contributed by atoms with Crippen molar-refractivity contribution in [2.45, 2.75) is 32.0 Å². The van der Waals surface area contributed by atoms with Gasteiger partial charge in [0.25, 0.3) is 0 Å². The number of unbranched alkanes of at least 4 members (excludes halogenated alkanes) is 1. The average molecular weight is 212 g/mol. The fourth-order valence-corrected chi connectivity index (χ4v) is 1.98. The summed E-state index contributed by atoms with van der Waals surface area (Å²) in [5.41, 5.74) is 0. The lowest BCUT2D eigenvalue weighted by Crippen LogP contribution is -2.48. The Hall–Kier alpha value is -0.630. The highest BCUT2D eigenvalue weighted by atomic mass is 16.5. The fraction of sp³-hybridized carbons (Fsp3) is 0.909. The Morgan fingerprint density at radius 1 is 1.53 bits per heavy atom. The van der Waals surface area contributed by atoms with Crippen LogP contribution in [-0.2, 0) is 9.47 Å². The second kappa shape index (κ2) is 6.78. The third-order valence-electron chi connectivity index (χ3n) is 2.52. The molecule has 0 unspecified atom stereocenters. The van der Waals surface area contributed by atoms with Gasteiger partial charge < -0.3 is 9.47 Å². The lowest BCUT2D eigenvalue weighted by molar-refractivity contribution is -0.101. The summed E-state index contributed by atoms with van der Waals surface area (Å²) >= 11 is 0. The van der Waals surface area contributed by atoms with Gasteiger partial charge in [0, 0.05) is 26.6 Å². The van der Waals surface area contributed by atoms with Gasteiger partial charge in [-0.2, -0.15) is 5.26 Å². The van der Waals surface area contributed by atoms with Gasteiger partial charge in [-0.05, 0) is 19.9 Å². The molecule has 4 heteroatoms. The summed E-state index contributed by atoms with van der Waals surface area (Å²) < 4.78 is 10.8. The lowest BCUT2D eigenvalue weighted by Gasteiger charge is -2.36. The Labute approximate surface area is 91.8 Å². The van der Waals surface area contributed by atoms with E-state index in [0.29, 0.717) is 13.0 Å². The van der Waals surface area contributed by atoms with Gasteiger partial charge in [-0.1, -0.05) is 0 Å². The van der Waals surface area contributed by atoms with Gasteiger partial charge in [-0.15, -0.1) is 0 Å². The van der Waals surface area contributed by atoms with E-state index in [-0.39, 0.29) is 12.2 Å². The van der Waals surface area contributed by atoms with Gasteiger partial charge in [0.05, 0.1) is 24.9 Å². The molecule has 0 bridgehead atoms. The zero-order valence-electron chi connectivity index (χ0n) is 9.61. The van der Waals surface area contributed by atoms with Gasteiger partial charge in [0.15, 0.2) is 0 Å². The predicted molar refractivity (Wildman–Crippen MR) is 57.5 cm³/mol. The Morgan fingerprint density at radius 3 is 3.00 bits per heavy atom. The first-order valence-electron chi connectivity index (χ1n) is 5.50. The Bertz CT molecular complexity index is 215. The molecule has 1 heterocycles. The van der Waals surface area contributed by atoms with Crippen molar-refractivity contribution in [1.29, 1.82) is 5.26 Å². The van der Waals surface area contributed by atoms with Crippen LogP contribution in [0.25, 0.3) is 0 Å². The Morgan fingerprint density at radius 2 is 2.33 bits per heavy atom. The molecule has 0 N–H and O–H groups in total. The van der Waals surface area contributed by atoms with E-state index in [1.54, 1.807) is 7.11 Å². The molecular weight excluding hydrogens is 192 g/mol. The lowest BCUT2D eigenvalue weighted by atomic mass is 10.2. The maximum atomic E-state index is 8.47. The molecule has 1 aliphatic rings. The minimum Gasteiger partial charge on any atom is -0.382 e. The summed E-state index contributed by atoms with van der Waals surface area (Å²) in [4.78, 5) is 2.36. The summed E-state index contributed by atoms with van der Waals surface area (Å²) in [6, 6.07) is 2.17. The summed E-state index contributed by atoms with van der Waals surface area (Å²) in [7, 11) is 1.70. The molecule has 1 saturated heterocycles. The number of ether oxygens (including phenoxy) is 2. The third kappa shape index (κ3) is 4.61. The van der Waals surface area contributed by atoms with Gasteiger partial charge in [0.2, 0.25) is 0 Å². The summed E-state index contributed by atoms with van der Waals surface area (Å²) in [5, 5.41) is 8.47. The number of nitrogens with zero attached hydrogens (tertiary/aromatic N) is 2. The summed E-state index contributed by atoms with van der Waals surface area (Å²) in [6.07, 6.45) is 2.03. The minimum atomic E-state index is 0.181. The zero-order valence-corrected chi connectivity index (χ0v) is 9.61. The second-order valence-electron chi connectivity index (χ2n) is 4.05. The van der Waals surface area contributed by atoms with Gasteiger partial charge in [-0.25, -0.2) is 0 Å². The number of morpholine rings is 1. The van der Waals surface area contributed by atoms with Crippen LogP contribution in [0.2, 0.25) is 0 Å². The highest BCUT2D eigenvalue weighted by Crippen LogP contribution is 2.11. The Balaban J connectivity index is 2.28. The first kappa shape index (κ1) is 12.4. The molecule has 2 atom stereocenters. The molecule has 15 heavy (non-hydrogen) atoms. The van der Waals surface area contributed by atoms with Crippen LogP contribution in [0.4, 0.5) is 0 Å². The van der Waals surface area contributed by atoms with Crippen LogP contribution >= 0.6 is 0 Å². The molecule has 0 amide bonds. The van der Waals surface area contributed by atoms with Crippen molar-refractivity contribution in [3.05, 3.63) is 0 Å². The van der Waals surface area contributed by atoms with E-state index in [9.17, 15) is 0 Å². The largest absolute Gasteiger partial charge is 0.382 e. The first-order valence-corrected chi connectivity index (χ1v) is 5.50. The minimum absolute atomic E-state index is 0.181. The predicted octanol–water partition coefficient (Wildman–Crippen LogP) is 1.03. The molecule has 1 rings (SSSR count). The van der Waals surface area contributed by atoms with Crippen molar-refractivity contribution in [2.75, 3.05) is 33.4 Å². The van der Waals surface area contributed by atoms with Crippen molar-refractivity contribution in [1.82, 2.24) is 4.90 Å². The fourth-order valence-electron chi connectivity index (χ4n) is 1.98. The molecule has 0 spiro atoms. The maximum Gasteiger partial charge on any atom is 0.0939 e. The molecular formula is C11H20N2O2. The van der Waals surface area contributed by atoms with Crippen LogP contribution in [0.1, 0.15) is 19.8 Å². The van der Waals surface area contributed by atoms with E-state index in [1.807, 2.05) is 0 Å². The monoisotopic (exact) mass is 212 g/mol. The van der Waals surface area contributed by atoms with E-state index in [0.717, 1.165) is 26.1 Å². The molecule has 0 saturated carbocycles. The number of nitriles is 1. The molecule has 0 aromatic heterocycles. The highest BCUT2D eigenvalue weighted by Gasteiger charge is 2.24. The van der Waals surface area contributed by atoms with Crippen molar-refractivity contribution in [3.63, 3.8) is 0 Å². The smallest absolute Gasteiger partial charge is 0.0939 e. The van der Waals surface area contributed by atoms with Crippen LogP contribution < -0.4 is 0 Å². The average Bonchev–Trinajstić information content (AvgIpc) is 2.18. The topological polar surface area (TPSA) is 45.5 Å². The first-order chi connectivity index (χ1) is 7.26. The zero-order chi connectivity index (χ0) is 11.1. The van der Waals surface area contributed by atoms with E-state index in [1.165, 1.54) is 0 Å². The van der Waals surface area contributed by atoms with E-state index in [2.05, 4.69) is 17.9 Å². The SMILES string of the molecule is COC[C@H]1CN(CCCC#N)C[C@@H](C)O1. The van der Waals surface area contributed by atoms with Gasteiger partial charge >= 0.3 is 0 Å². The highest BCUT2D eigenvalue weighted by molar-refractivity contribution is 4.77. The van der Waals surface area contributed by atoms with E-state index >= 15 is 0 Å². The van der Waals surface area contributed by atoms with Crippen molar-refractivity contribution in [2.24, 2.45) is 0 Å².